The van der Waals surface area contributed by atoms with Crippen molar-refractivity contribution >= 4 is 58.5 Å². The quantitative estimate of drug-likeness (QED) is 0.475. The average molecular weight is 399 g/mol. The maximum absolute atomic E-state index is 13.1. The smallest absolute Gasteiger partial charge is 0.198 e. The van der Waals surface area contributed by atoms with Crippen LogP contribution in [0, 0.1) is 0 Å². The van der Waals surface area contributed by atoms with Crippen molar-refractivity contribution in [3.05, 3.63) is 38.8 Å². The molecule has 0 radical (unpaired) electrons. The Hall–Kier alpha value is -0.360. The summed E-state index contributed by atoms with van der Waals surface area (Å²) in [6.07, 6.45) is 5.07. The van der Waals surface area contributed by atoms with Crippen LogP contribution in [-0.4, -0.2) is 28.2 Å². The number of benzene rings is 1. The molecule has 2 nitrogen and oxygen atoms in total. The van der Waals surface area contributed by atoms with E-state index in [1.165, 1.54) is 0 Å². The summed E-state index contributed by atoms with van der Waals surface area (Å²) in [5, 5.41) is 0.535. The summed E-state index contributed by atoms with van der Waals surface area (Å²) in [5.74, 6) is 0.639. The van der Waals surface area contributed by atoms with Crippen LogP contribution < -0.4 is 0 Å². The van der Waals surface area contributed by atoms with Crippen molar-refractivity contribution in [3.8, 4) is 0 Å². The maximum Gasteiger partial charge on any atom is 0.198 e. The Morgan fingerprint density at radius 3 is 2.88 bits per heavy atom. The number of fused-ring (bicyclic) bond motifs is 1. The fourth-order valence-corrected chi connectivity index (χ4v) is 6.49. The molecule has 6 heteroatoms. The van der Waals surface area contributed by atoms with E-state index in [1.54, 1.807) is 41.4 Å². The molecule has 0 fully saturated rings. The first-order chi connectivity index (χ1) is 11.6. The number of hydrogen-bond acceptors (Lipinski definition) is 5. The molecule has 0 aromatic heterocycles. The van der Waals surface area contributed by atoms with Gasteiger partial charge in [0.25, 0.3) is 0 Å². The predicted octanol–water partition coefficient (Wildman–Crippen LogP) is 5.62. The van der Waals surface area contributed by atoms with Crippen LogP contribution in [0.3, 0.4) is 0 Å². The third-order valence-electron chi connectivity index (χ3n) is 4.25. The summed E-state index contributed by atoms with van der Waals surface area (Å²) < 4.78 is 0.449. The van der Waals surface area contributed by atoms with E-state index in [-0.39, 0.29) is 11.6 Å². The number of halogens is 1. The van der Waals surface area contributed by atoms with Crippen molar-refractivity contribution in [1.82, 2.24) is 0 Å². The number of Topliss-reactive ketones (excluding diaryl/α,β-unsaturated/α-hetero) is 2. The lowest BCUT2D eigenvalue weighted by Gasteiger charge is -2.18. The first-order valence-corrected chi connectivity index (χ1v) is 11.5. The van der Waals surface area contributed by atoms with Crippen LogP contribution in [0.2, 0.25) is 5.02 Å². The summed E-state index contributed by atoms with van der Waals surface area (Å²) in [5.41, 5.74) is 1.92. The second-order valence-corrected chi connectivity index (χ2v) is 10.0. The first kappa shape index (κ1) is 18.4. The summed E-state index contributed by atoms with van der Waals surface area (Å²) in [4.78, 5) is 27.6. The van der Waals surface area contributed by atoms with Gasteiger partial charge in [-0.15, -0.1) is 23.5 Å². The summed E-state index contributed by atoms with van der Waals surface area (Å²) >= 11 is 11.8. The van der Waals surface area contributed by atoms with Crippen molar-refractivity contribution in [2.75, 3.05) is 12.0 Å². The molecule has 2 aliphatic rings. The SMILES string of the molecule is CCSC1=C(C(=O)c2ccc3c(c2Cl)CC(SC)S3)C(=O)CCC1. The van der Waals surface area contributed by atoms with Gasteiger partial charge in [-0.25, -0.2) is 0 Å². The monoisotopic (exact) mass is 398 g/mol. The van der Waals surface area contributed by atoms with Crippen LogP contribution in [0.15, 0.2) is 27.5 Å². The van der Waals surface area contributed by atoms with E-state index in [0.717, 1.165) is 40.4 Å². The van der Waals surface area contributed by atoms with Gasteiger partial charge in [0.15, 0.2) is 11.6 Å². The van der Waals surface area contributed by atoms with Gasteiger partial charge in [0.2, 0.25) is 0 Å². The fraction of sp³-hybridized carbons (Fsp3) is 0.444. The molecule has 0 saturated heterocycles. The highest BCUT2D eigenvalue weighted by Gasteiger charge is 2.31. The van der Waals surface area contributed by atoms with Gasteiger partial charge in [0.1, 0.15) is 0 Å². The van der Waals surface area contributed by atoms with Gasteiger partial charge >= 0.3 is 0 Å². The zero-order valence-electron chi connectivity index (χ0n) is 13.7. The third-order valence-corrected chi connectivity index (χ3v) is 8.35. The number of thioether (sulfide) groups is 3. The van der Waals surface area contributed by atoms with Crippen LogP contribution in [0.4, 0.5) is 0 Å². The van der Waals surface area contributed by atoms with Crippen LogP contribution in [-0.2, 0) is 11.2 Å². The molecule has 0 bridgehead atoms. The van der Waals surface area contributed by atoms with Gasteiger partial charge < -0.3 is 0 Å². The number of carbonyl (C=O) groups is 2. The Labute approximate surface area is 160 Å². The van der Waals surface area contributed by atoms with Gasteiger partial charge in [0, 0.05) is 16.9 Å². The summed E-state index contributed by atoms with van der Waals surface area (Å²) in [6.45, 7) is 2.04. The van der Waals surface area contributed by atoms with Crippen molar-refractivity contribution in [3.63, 3.8) is 0 Å². The molecular formula is C18H19ClO2S3. The Morgan fingerprint density at radius 1 is 1.38 bits per heavy atom. The van der Waals surface area contributed by atoms with Crippen LogP contribution in [0.5, 0.6) is 0 Å². The molecule has 3 rings (SSSR count). The predicted molar refractivity (Wildman–Crippen MR) is 107 cm³/mol. The van der Waals surface area contributed by atoms with E-state index in [9.17, 15) is 9.59 Å². The summed E-state index contributed by atoms with van der Waals surface area (Å²) in [6, 6.07) is 3.78. The van der Waals surface area contributed by atoms with Crippen molar-refractivity contribution in [2.24, 2.45) is 0 Å². The third kappa shape index (κ3) is 3.46. The highest BCUT2D eigenvalue weighted by atomic mass is 35.5. The van der Waals surface area contributed by atoms with Gasteiger partial charge in [-0.05, 0) is 53.9 Å². The molecule has 1 atom stereocenters. The van der Waals surface area contributed by atoms with Crippen molar-refractivity contribution in [1.29, 1.82) is 0 Å². The standard InChI is InChI=1S/C18H19ClO2S3/c1-3-23-14-6-4-5-12(20)16(14)18(21)10-7-8-13-11(17(10)19)9-15(22-2)24-13/h7-8,15H,3-6,9H2,1-2H3. The maximum atomic E-state index is 13.1. The Bertz CT molecular complexity index is 727. The minimum absolute atomic E-state index is 0.0323. The molecule has 0 saturated carbocycles. The Kier molecular flexibility index (Phi) is 6.07. The molecule has 1 heterocycles. The van der Waals surface area contributed by atoms with Gasteiger partial charge in [-0.2, -0.15) is 11.8 Å². The van der Waals surface area contributed by atoms with Crippen molar-refractivity contribution in [2.45, 2.75) is 42.1 Å². The first-order valence-electron chi connectivity index (χ1n) is 8.01. The molecule has 1 aromatic rings. The lowest BCUT2D eigenvalue weighted by atomic mass is 9.91. The van der Waals surface area contributed by atoms with Crippen LogP contribution in [0.1, 0.15) is 42.1 Å². The lowest BCUT2D eigenvalue weighted by molar-refractivity contribution is -0.115. The van der Waals surface area contributed by atoms with Gasteiger partial charge in [-0.3, -0.25) is 9.59 Å². The highest BCUT2D eigenvalue weighted by molar-refractivity contribution is 8.17. The molecule has 0 N–H and O–H groups in total. The lowest BCUT2D eigenvalue weighted by Crippen LogP contribution is -2.19. The second-order valence-electron chi connectivity index (χ2n) is 5.73. The van der Waals surface area contributed by atoms with E-state index in [0.29, 0.717) is 27.2 Å². The van der Waals surface area contributed by atoms with Crippen molar-refractivity contribution < 1.29 is 9.59 Å². The number of allylic oxidation sites excluding steroid dienone is 2. The van der Waals surface area contributed by atoms with E-state index in [4.69, 9.17) is 11.6 Å². The highest BCUT2D eigenvalue weighted by Crippen LogP contribution is 2.46. The summed E-state index contributed by atoms with van der Waals surface area (Å²) in [7, 11) is 0. The van der Waals surface area contributed by atoms with Gasteiger partial charge in [0.05, 0.1) is 15.2 Å². The Morgan fingerprint density at radius 2 is 2.17 bits per heavy atom. The van der Waals surface area contributed by atoms with E-state index in [2.05, 4.69) is 6.26 Å². The van der Waals surface area contributed by atoms with Crippen LogP contribution in [0.25, 0.3) is 0 Å². The zero-order valence-corrected chi connectivity index (χ0v) is 16.9. The zero-order chi connectivity index (χ0) is 17.3. The molecule has 1 aliphatic heterocycles. The minimum Gasteiger partial charge on any atom is -0.294 e. The van der Waals surface area contributed by atoms with E-state index in [1.807, 2.05) is 13.0 Å². The molecule has 0 spiro atoms. The molecular weight excluding hydrogens is 380 g/mol. The molecule has 128 valence electrons. The number of ketones is 2. The second kappa shape index (κ2) is 7.90. The Balaban J connectivity index is 2.00. The molecule has 0 amide bonds. The van der Waals surface area contributed by atoms with Crippen LogP contribution >= 0.6 is 46.9 Å². The minimum atomic E-state index is -0.193. The number of rotatable bonds is 5. The molecule has 1 aliphatic carbocycles. The number of carbonyl (C=O) groups excluding carboxylic acids is 2. The normalized spacial score (nSPS) is 20.5. The average Bonchev–Trinajstić information content (AvgIpc) is 2.99. The largest absolute Gasteiger partial charge is 0.294 e. The fourth-order valence-electron chi connectivity index (χ4n) is 3.08. The number of hydrogen-bond donors (Lipinski definition) is 0. The van der Waals surface area contributed by atoms with E-state index < -0.39 is 0 Å². The topological polar surface area (TPSA) is 34.1 Å². The molecule has 1 unspecified atom stereocenters. The van der Waals surface area contributed by atoms with E-state index >= 15 is 0 Å². The molecule has 1 aromatic carbocycles. The molecule has 24 heavy (non-hydrogen) atoms. The van der Waals surface area contributed by atoms with Gasteiger partial charge in [-0.1, -0.05) is 18.5 Å².